The summed E-state index contributed by atoms with van der Waals surface area (Å²) in [6, 6.07) is 0. The van der Waals surface area contributed by atoms with Crippen molar-refractivity contribution < 1.29 is 9.53 Å². The van der Waals surface area contributed by atoms with E-state index in [1.54, 1.807) is 17.9 Å². The molecule has 0 aromatic carbocycles. The number of rotatable bonds is 2. The van der Waals surface area contributed by atoms with Crippen LogP contribution in [-0.4, -0.2) is 13.4 Å². The van der Waals surface area contributed by atoms with Crippen molar-refractivity contribution in [3.05, 3.63) is 16.3 Å². The summed E-state index contributed by atoms with van der Waals surface area (Å²) in [6.45, 7) is 0. The van der Waals surface area contributed by atoms with Gasteiger partial charge in [0, 0.05) is 10.8 Å². The van der Waals surface area contributed by atoms with Gasteiger partial charge in [-0.15, -0.1) is 11.3 Å². The van der Waals surface area contributed by atoms with E-state index in [2.05, 4.69) is 0 Å². The minimum absolute atomic E-state index is 0.627. The average molecular weight is 142 g/mol. The van der Waals surface area contributed by atoms with Gasteiger partial charge in [-0.3, -0.25) is 4.79 Å². The number of methoxy groups -OCH3 is 1. The van der Waals surface area contributed by atoms with E-state index in [1.807, 2.05) is 0 Å². The van der Waals surface area contributed by atoms with Crippen LogP contribution in [0.5, 0.6) is 5.75 Å². The molecule has 0 amide bonds. The zero-order valence-corrected chi connectivity index (χ0v) is 5.77. The number of hydrogen-bond acceptors (Lipinski definition) is 3. The normalized spacial score (nSPS) is 9.00. The van der Waals surface area contributed by atoms with E-state index in [0.717, 1.165) is 6.29 Å². The quantitative estimate of drug-likeness (QED) is 0.586. The first-order valence-corrected chi connectivity index (χ1v) is 3.38. The molecule has 0 N–H and O–H groups in total. The van der Waals surface area contributed by atoms with Gasteiger partial charge < -0.3 is 4.74 Å². The van der Waals surface area contributed by atoms with Crippen molar-refractivity contribution in [3.63, 3.8) is 0 Å². The Hall–Kier alpha value is -0.830. The van der Waals surface area contributed by atoms with Crippen molar-refractivity contribution in [1.82, 2.24) is 0 Å². The standard InChI is InChI=1S/C6H6O2S/c1-8-6-4-9-3-5(6)2-7/h2-4H,1H3. The summed E-state index contributed by atoms with van der Waals surface area (Å²) in [5, 5.41) is 3.55. The number of thiophene rings is 1. The van der Waals surface area contributed by atoms with Gasteiger partial charge in [0.2, 0.25) is 0 Å². The molecule has 1 aromatic rings. The van der Waals surface area contributed by atoms with Crippen LogP contribution in [0.15, 0.2) is 10.8 Å². The van der Waals surface area contributed by atoms with Gasteiger partial charge in [-0.1, -0.05) is 0 Å². The summed E-state index contributed by atoms with van der Waals surface area (Å²) in [5.41, 5.74) is 0.627. The smallest absolute Gasteiger partial charge is 0.154 e. The number of carbonyl (C=O) groups excluding carboxylic acids is 1. The predicted octanol–water partition coefficient (Wildman–Crippen LogP) is 1.57. The summed E-state index contributed by atoms with van der Waals surface area (Å²) in [6.07, 6.45) is 0.787. The Bertz CT molecular complexity index is 205. The number of aldehydes is 1. The lowest BCUT2D eigenvalue weighted by Crippen LogP contribution is -1.83. The van der Waals surface area contributed by atoms with E-state index in [4.69, 9.17) is 4.74 Å². The van der Waals surface area contributed by atoms with Crippen LogP contribution < -0.4 is 4.74 Å². The molecule has 2 nitrogen and oxygen atoms in total. The SMILES string of the molecule is COc1cscc1C=O. The van der Waals surface area contributed by atoms with Crippen LogP contribution in [-0.2, 0) is 0 Å². The fourth-order valence-electron chi connectivity index (χ4n) is 0.547. The van der Waals surface area contributed by atoms with Crippen LogP contribution in [0, 0.1) is 0 Å². The summed E-state index contributed by atoms with van der Waals surface area (Å²) in [7, 11) is 1.55. The van der Waals surface area contributed by atoms with Crippen LogP contribution in [0.1, 0.15) is 10.4 Å². The van der Waals surface area contributed by atoms with Crippen LogP contribution in [0.25, 0.3) is 0 Å². The van der Waals surface area contributed by atoms with Crippen molar-refractivity contribution in [3.8, 4) is 5.75 Å². The topological polar surface area (TPSA) is 26.3 Å². The van der Waals surface area contributed by atoms with E-state index in [0.29, 0.717) is 11.3 Å². The van der Waals surface area contributed by atoms with Gasteiger partial charge in [0.1, 0.15) is 5.75 Å². The third-order valence-electron chi connectivity index (χ3n) is 1.00. The highest BCUT2D eigenvalue weighted by molar-refractivity contribution is 7.08. The maximum atomic E-state index is 10.2. The fraction of sp³-hybridized carbons (Fsp3) is 0.167. The first-order valence-electron chi connectivity index (χ1n) is 2.44. The van der Waals surface area contributed by atoms with Crippen molar-refractivity contribution in [2.45, 2.75) is 0 Å². The molecule has 0 aliphatic carbocycles. The highest BCUT2D eigenvalue weighted by Crippen LogP contribution is 2.20. The lowest BCUT2D eigenvalue weighted by Gasteiger charge is -1.92. The van der Waals surface area contributed by atoms with E-state index in [1.165, 1.54) is 11.3 Å². The first kappa shape index (κ1) is 6.29. The molecule has 0 bridgehead atoms. The summed E-state index contributed by atoms with van der Waals surface area (Å²) < 4.78 is 4.86. The Kier molecular flexibility index (Phi) is 1.85. The number of hydrogen-bond donors (Lipinski definition) is 0. The van der Waals surface area contributed by atoms with Crippen LogP contribution in [0.2, 0.25) is 0 Å². The molecule has 0 radical (unpaired) electrons. The Morgan fingerprint density at radius 3 is 2.89 bits per heavy atom. The maximum Gasteiger partial charge on any atom is 0.154 e. The molecular weight excluding hydrogens is 136 g/mol. The summed E-state index contributed by atoms with van der Waals surface area (Å²) in [4.78, 5) is 10.2. The summed E-state index contributed by atoms with van der Waals surface area (Å²) in [5.74, 6) is 0.662. The Labute approximate surface area is 57.1 Å². The van der Waals surface area contributed by atoms with E-state index < -0.39 is 0 Å². The molecule has 1 rings (SSSR count). The highest BCUT2D eigenvalue weighted by Gasteiger charge is 1.99. The number of ether oxygens (including phenoxy) is 1. The number of carbonyl (C=O) groups is 1. The van der Waals surface area contributed by atoms with Crippen molar-refractivity contribution in [2.75, 3.05) is 7.11 Å². The van der Waals surface area contributed by atoms with Gasteiger partial charge in [-0.2, -0.15) is 0 Å². The highest BCUT2D eigenvalue weighted by atomic mass is 32.1. The molecule has 48 valence electrons. The molecule has 0 aliphatic rings. The zero-order chi connectivity index (χ0) is 6.69. The van der Waals surface area contributed by atoms with Gasteiger partial charge in [-0.25, -0.2) is 0 Å². The molecular formula is C6H6O2S. The van der Waals surface area contributed by atoms with Crippen LogP contribution >= 0.6 is 11.3 Å². The molecule has 0 saturated carbocycles. The van der Waals surface area contributed by atoms with Gasteiger partial charge >= 0.3 is 0 Å². The van der Waals surface area contributed by atoms with Crippen molar-refractivity contribution >= 4 is 17.6 Å². The molecule has 9 heavy (non-hydrogen) atoms. The zero-order valence-electron chi connectivity index (χ0n) is 4.96. The molecule has 3 heteroatoms. The molecule has 0 fully saturated rings. The van der Waals surface area contributed by atoms with Gasteiger partial charge in [-0.05, 0) is 0 Å². The molecule has 0 saturated heterocycles. The minimum Gasteiger partial charge on any atom is -0.495 e. The third kappa shape index (κ3) is 1.10. The monoisotopic (exact) mass is 142 g/mol. The summed E-state index contributed by atoms with van der Waals surface area (Å²) >= 11 is 1.46. The molecule has 1 aromatic heterocycles. The van der Waals surface area contributed by atoms with Crippen molar-refractivity contribution in [1.29, 1.82) is 0 Å². The molecule has 0 spiro atoms. The predicted molar refractivity (Wildman–Crippen MR) is 36.3 cm³/mol. The second-order valence-electron chi connectivity index (χ2n) is 1.51. The Morgan fingerprint density at radius 1 is 1.67 bits per heavy atom. The first-order chi connectivity index (χ1) is 4.38. The second kappa shape index (κ2) is 2.64. The van der Waals surface area contributed by atoms with Gasteiger partial charge in [0.15, 0.2) is 6.29 Å². The van der Waals surface area contributed by atoms with E-state index >= 15 is 0 Å². The molecule has 1 heterocycles. The molecule has 0 atom stereocenters. The lowest BCUT2D eigenvalue weighted by molar-refractivity contribution is 0.112. The maximum absolute atomic E-state index is 10.2. The average Bonchev–Trinajstić information content (AvgIpc) is 2.33. The van der Waals surface area contributed by atoms with Gasteiger partial charge in [0.25, 0.3) is 0 Å². The second-order valence-corrected chi connectivity index (χ2v) is 2.26. The van der Waals surface area contributed by atoms with E-state index in [-0.39, 0.29) is 0 Å². The van der Waals surface area contributed by atoms with Crippen LogP contribution in [0.4, 0.5) is 0 Å². The molecule has 0 aliphatic heterocycles. The minimum atomic E-state index is 0.627. The molecule has 0 unspecified atom stereocenters. The largest absolute Gasteiger partial charge is 0.495 e. The Morgan fingerprint density at radius 2 is 2.44 bits per heavy atom. The van der Waals surface area contributed by atoms with E-state index in [9.17, 15) is 4.79 Å². The Balaban J connectivity index is 2.98. The lowest BCUT2D eigenvalue weighted by atomic mass is 10.3. The van der Waals surface area contributed by atoms with Crippen molar-refractivity contribution in [2.24, 2.45) is 0 Å². The fourth-order valence-corrected chi connectivity index (χ4v) is 1.29. The van der Waals surface area contributed by atoms with Gasteiger partial charge in [0.05, 0.1) is 12.7 Å². The third-order valence-corrected chi connectivity index (χ3v) is 1.74. The van der Waals surface area contributed by atoms with Crippen LogP contribution in [0.3, 0.4) is 0 Å².